The maximum atomic E-state index is 13.7. The molecule has 3 aliphatic rings. The Morgan fingerprint density at radius 2 is 1.59 bits per heavy atom. The molecule has 2 aromatic rings. The van der Waals surface area contributed by atoms with Gasteiger partial charge in [0.25, 0.3) is 0 Å². The predicted octanol–water partition coefficient (Wildman–Crippen LogP) is 5.85. The Balaban J connectivity index is 1.52. The van der Waals surface area contributed by atoms with Gasteiger partial charge in [-0.2, -0.15) is 0 Å². The summed E-state index contributed by atoms with van der Waals surface area (Å²) in [6, 6.07) is 17.2. The Morgan fingerprint density at radius 3 is 2.27 bits per heavy atom. The van der Waals surface area contributed by atoms with Crippen molar-refractivity contribution in [2.75, 3.05) is 0 Å². The highest BCUT2D eigenvalue weighted by Gasteiger charge is 2.42. The summed E-state index contributed by atoms with van der Waals surface area (Å²) in [7, 11) is 0. The summed E-state index contributed by atoms with van der Waals surface area (Å²) in [6.07, 6.45) is 6.02. The third-order valence-electron chi connectivity index (χ3n) is 7.62. The summed E-state index contributed by atoms with van der Waals surface area (Å²) < 4.78 is 11.2. The van der Waals surface area contributed by atoms with E-state index in [1.54, 1.807) is 12.1 Å². The van der Waals surface area contributed by atoms with E-state index in [-0.39, 0.29) is 23.8 Å². The molecule has 0 unspecified atom stereocenters. The highest BCUT2D eigenvalue weighted by Crippen LogP contribution is 2.46. The zero-order valence-corrected chi connectivity index (χ0v) is 21.4. The number of ketones is 1. The van der Waals surface area contributed by atoms with Gasteiger partial charge in [0.1, 0.15) is 11.9 Å². The average Bonchev–Trinajstić information content (AvgIpc) is 2.89. The highest BCUT2D eigenvalue weighted by atomic mass is 16.5. The van der Waals surface area contributed by atoms with Crippen LogP contribution in [-0.2, 0) is 19.1 Å². The lowest BCUT2D eigenvalue weighted by Gasteiger charge is -2.37. The number of nitrogens with one attached hydrogen (secondary N) is 1. The Morgan fingerprint density at radius 1 is 0.892 bits per heavy atom. The molecule has 37 heavy (non-hydrogen) atoms. The van der Waals surface area contributed by atoms with E-state index in [0.29, 0.717) is 29.7 Å². The monoisotopic (exact) mass is 499 g/mol. The van der Waals surface area contributed by atoms with Crippen LogP contribution < -0.4 is 10.1 Å². The molecular weight excluding hydrogens is 466 g/mol. The quantitative estimate of drug-likeness (QED) is 0.411. The van der Waals surface area contributed by atoms with Crippen LogP contribution in [0.5, 0.6) is 5.75 Å². The summed E-state index contributed by atoms with van der Waals surface area (Å²) in [4.78, 5) is 38.7. The highest BCUT2D eigenvalue weighted by molar-refractivity contribution is 6.04. The second-order valence-corrected chi connectivity index (χ2v) is 10.3. The first-order valence-electron chi connectivity index (χ1n) is 13.2. The lowest BCUT2D eigenvalue weighted by Crippen LogP contribution is -2.37. The molecule has 1 N–H and O–H groups in total. The molecule has 0 radical (unpaired) electrons. The van der Waals surface area contributed by atoms with Gasteiger partial charge in [-0.25, -0.2) is 4.79 Å². The minimum atomic E-state index is -0.539. The van der Waals surface area contributed by atoms with E-state index in [1.807, 2.05) is 37.3 Å². The number of benzene rings is 2. The second-order valence-electron chi connectivity index (χ2n) is 10.3. The zero-order chi connectivity index (χ0) is 25.9. The summed E-state index contributed by atoms with van der Waals surface area (Å²) in [5.41, 5.74) is 4.63. The van der Waals surface area contributed by atoms with E-state index in [1.165, 1.54) is 13.3 Å². The van der Waals surface area contributed by atoms with Gasteiger partial charge in [0.15, 0.2) is 5.78 Å². The Bertz CT molecular complexity index is 1250. The van der Waals surface area contributed by atoms with Gasteiger partial charge in [-0.15, -0.1) is 0 Å². The van der Waals surface area contributed by atoms with E-state index in [2.05, 4.69) is 17.4 Å². The van der Waals surface area contributed by atoms with E-state index in [4.69, 9.17) is 9.47 Å². The summed E-state index contributed by atoms with van der Waals surface area (Å²) in [5, 5.41) is 3.42. The predicted molar refractivity (Wildman–Crippen MR) is 140 cm³/mol. The van der Waals surface area contributed by atoms with Crippen molar-refractivity contribution in [1.29, 1.82) is 0 Å². The van der Waals surface area contributed by atoms with Gasteiger partial charge in [0.2, 0.25) is 0 Å². The lowest BCUT2D eigenvalue weighted by molar-refractivity contribution is -0.146. The molecule has 0 spiro atoms. The maximum Gasteiger partial charge on any atom is 0.337 e. The van der Waals surface area contributed by atoms with Gasteiger partial charge in [0, 0.05) is 36.2 Å². The molecule has 2 aliphatic carbocycles. The number of hydrogen-bond donors (Lipinski definition) is 1. The van der Waals surface area contributed by atoms with Crippen LogP contribution in [0.2, 0.25) is 0 Å². The van der Waals surface area contributed by atoms with Gasteiger partial charge < -0.3 is 14.8 Å². The summed E-state index contributed by atoms with van der Waals surface area (Å²) >= 11 is 0. The lowest BCUT2D eigenvalue weighted by atomic mass is 9.71. The summed E-state index contributed by atoms with van der Waals surface area (Å²) in [6.45, 7) is 3.24. The Labute approximate surface area is 217 Å². The van der Waals surface area contributed by atoms with Crippen LogP contribution in [0.3, 0.4) is 0 Å². The number of rotatable bonds is 5. The smallest absolute Gasteiger partial charge is 0.337 e. The first kappa shape index (κ1) is 25.0. The van der Waals surface area contributed by atoms with Crippen molar-refractivity contribution in [1.82, 2.24) is 5.32 Å². The number of dihydropyridines is 1. The van der Waals surface area contributed by atoms with Crippen LogP contribution in [0.4, 0.5) is 0 Å². The molecule has 1 heterocycles. The molecule has 6 heteroatoms. The van der Waals surface area contributed by atoms with Gasteiger partial charge in [0.05, 0.1) is 5.57 Å². The molecule has 1 saturated carbocycles. The van der Waals surface area contributed by atoms with Crippen molar-refractivity contribution in [3.63, 3.8) is 0 Å². The van der Waals surface area contributed by atoms with Crippen LogP contribution >= 0.6 is 0 Å². The molecule has 5 rings (SSSR count). The number of hydrogen-bond acceptors (Lipinski definition) is 6. The molecule has 0 aromatic heterocycles. The van der Waals surface area contributed by atoms with Crippen molar-refractivity contribution in [2.24, 2.45) is 0 Å². The molecule has 2 atom stereocenters. The fourth-order valence-electron chi connectivity index (χ4n) is 5.90. The second kappa shape index (κ2) is 10.8. The minimum Gasteiger partial charge on any atom is -0.459 e. The number of carbonyl (C=O) groups excluding carboxylic acids is 3. The Hall–Kier alpha value is -3.67. The molecule has 0 saturated heterocycles. The maximum absolute atomic E-state index is 13.7. The molecule has 0 amide bonds. The fraction of sp³-hybridized carbons (Fsp3) is 0.387. The summed E-state index contributed by atoms with van der Waals surface area (Å²) in [5.74, 6) is -0.770. The normalized spacial score (nSPS) is 22.3. The van der Waals surface area contributed by atoms with Crippen LogP contribution in [-0.4, -0.2) is 23.8 Å². The number of ether oxygens (including phenoxy) is 2. The molecule has 1 fully saturated rings. The van der Waals surface area contributed by atoms with E-state index in [0.717, 1.165) is 48.2 Å². The van der Waals surface area contributed by atoms with Crippen molar-refractivity contribution in [3.05, 3.63) is 88.3 Å². The van der Waals surface area contributed by atoms with Gasteiger partial charge in [-0.3, -0.25) is 9.59 Å². The average molecular weight is 500 g/mol. The van der Waals surface area contributed by atoms with Crippen molar-refractivity contribution >= 4 is 17.7 Å². The van der Waals surface area contributed by atoms with E-state index < -0.39 is 11.9 Å². The molecule has 1 aliphatic heterocycles. The molecule has 6 nitrogen and oxygen atoms in total. The number of esters is 2. The van der Waals surface area contributed by atoms with E-state index >= 15 is 0 Å². The first-order chi connectivity index (χ1) is 17.9. The number of carbonyl (C=O) groups is 3. The standard InChI is InChI=1S/C31H33NO5/c1-19-28(31(35)37-24-11-7-4-8-12-24)29(22-13-15-25(16-14-22)36-20(2)33)30-26(32-19)17-23(18-27(30)34)21-9-5-3-6-10-21/h3,5-6,9-10,13-16,23-24,29,32H,4,7-8,11-12,17-18H2,1-2H3/t23-,29-/m1/s1. The van der Waals surface area contributed by atoms with Gasteiger partial charge in [-0.05, 0) is 68.2 Å². The van der Waals surface area contributed by atoms with Crippen LogP contribution in [0.25, 0.3) is 0 Å². The Kier molecular flexibility index (Phi) is 7.26. The van der Waals surface area contributed by atoms with Crippen molar-refractivity contribution in [3.8, 4) is 5.75 Å². The first-order valence-corrected chi connectivity index (χ1v) is 13.2. The van der Waals surface area contributed by atoms with Crippen molar-refractivity contribution in [2.45, 2.75) is 76.7 Å². The molecule has 2 aromatic carbocycles. The van der Waals surface area contributed by atoms with Gasteiger partial charge >= 0.3 is 11.9 Å². The van der Waals surface area contributed by atoms with Crippen LogP contribution in [0.1, 0.15) is 81.8 Å². The third kappa shape index (κ3) is 5.38. The van der Waals surface area contributed by atoms with Crippen molar-refractivity contribution < 1.29 is 23.9 Å². The number of allylic oxidation sites excluding steroid dienone is 3. The molecule has 0 bridgehead atoms. The largest absolute Gasteiger partial charge is 0.459 e. The fourth-order valence-corrected chi connectivity index (χ4v) is 5.90. The SMILES string of the molecule is CC(=O)Oc1ccc([C@@H]2C(C(=O)OC3CCCCC3)=C(C)NC3=C2C(=O)C[C@H](c2ccccc2)C3)cc1. The van der Waals surface area contributed by atoms with Gasteiger partial charge in [-0.1, -0.05) is 48.9 Å². The minimum absolute atomic E-state index is 0.0344. The third-order valence-corrected chi connectivity index (χ3v) is 7.62. The van der Waals surface area contributed by atoms with E-state index in [9.17, 15) is 14.4 Å². The zero-order valence-electron chi connectivity index (χ0n) is 21.4. The molecular formula is C31H33NO5. The molecule has 192 valence electrons. The topological polar surface area (TPSA) is 81.7 Å². The van der Waals surface area contributed by atoms with Crippen LogP contribution in [0.15, 0.2) is 77.1 Å². The van der Waals surface area contributed by atoms with Crippen LogP contribution in [0, 0.1) is 0 Å². The number of Topliss-reactive ketones (excluding diaryl/α,β-unsaturated/α-hetero) is 1.